The maximum Gasteiger partial charge on any atom is 0.309 e. The molecule has 104 valence electrons. The Bertz CT molecular complexity index is 461. The summed E-state index contributed by atoms with van der Waals surface area (Å²) >= 11 is 0. The second-order valence-corrected chi connectivity index (χ2v) is 5.51. The van der Waals surface area contributed by atoms with Crippen molar-refractivity contribution in [3.63, 3.8) is 0 Å². The van der Waals surface area contributed by atoms with E-state index in [0.717, 1.165) is 31.8 Å². The van der Waals surface area contributed by atoms with E-state index in [0.29, 0.717) is 12.5 Å². The fourth-order valence-corrected chi connectivity index (χ4v) is 2.39. The zero-order chi connectivity index (χ0) is 14.0. The number of hydrogen-bond acceptors (Lipinski definition) is 4. The highest BCUT2D eigenvalue weighted by molar-refractivity contribution is 5.74. The third-order valence-corrected chi connectivity index (χ3v) is 3.88. The van der Waals surface area contributed by atoms with Gasteiger partial charge in [-0.3, -0.25) is 4.79 Å². The number of carboxylic acid groups (broad SMARTS) is 1. The summed E-state index contributed by atoms with van der Waals surface area (Å²) < 4.78 is 12.8. The summed E-state index contributed by atoms with van der Waals surface area (Å²) in [5.41, 5.74) is -0.779. The molecule has 2 rings (SSSR count). The number of anilines is 1. The lowest BCUT2D eigenvalue weighted by Gasteiger charge is -2.39. The summed E-state index contributed by atoms with van der Waals surface area (Å²) in [5.74, 6) is -0.762. The average molecular weight is 267 g/mol. The minimum atomic E-state index is -0.792. The number of piperidine rings is 1. The third kappa shape index (κ3) is 2.83. The molecule has 1 N–H and O–H groups in total. The van der Waals surface area contributed by atoms with E-state index in [2.05, 4.69) is 9.97 Å². The van der Waals surface area contributed by atoms with Crippen molar-refractivity contribution in [3.8, 4) is 0 Å². The van der Waals surface area contributed by atoms with Crippen LogP contribution in [-0.2, 0) is 4.79 Å². The van der Waals surface area contributed by atoms with Crippen molar-refractivity contribution in [2.75, 3.05) is 18.0 Å². The molecule has 0 saturated carbocycles. The Balaban J connectivity index is 2.13. The monoisotopic (exact) mass is 267 g/mol. The number of aromatic nitrogens is 2. The van der Waals surface area contributed by atoms with Crippen molar-refractivity contribution < 1.29 is 14.3 Å². The predicted molar refractivity (Wildman–Crippen MR) is 68.3 cm³/mol. The molecular weight excluding hydrogens is 249 g/mol. The van der Waals surface area contributed by atoms with Gasteiger partial charge >= 0.3 is 5.97 Å². The molecule has 1 unspecified atom stereocenters. The van der Waals surface area contributed by atoms with Crippen LogP contribution in [0.25, 0.3) is 0 Å². The summed E-state index contributed by atoms with van der Waals surface area (Å²) in [6, 6.07) is 0. The number of hydrogen-bond donors (Lipinski definition) is 1. The fraction of sp³-hybridized carbons (Fsp3) is 0.615. The number of carbonyl (C=O) groups is 1. The third-order valence-electron chi connectivity index (χ3n) is 3.88. The lowest BCUT2D eigenvalue weighted by atomic mass is 9.74. The van der Waals surface area contributed by atoms with E-state index in [9.17, 15) is 14.3 Å². The molecule has 1 aliphatic rings. The van der Waals surface area contributed by atoms with E-state index < -0.39 is 17.2 Å². The Hall–Kier alpha value is -1.72. The minimum absolute atomic E-state index is 0.0346. The van der Waals surface area contributed by atoms with Crippen LogP contribution in [0.3, 0.4) is 0 Å². The van der Waals surface area contributed by atoms with Crippen LogP contribution in [0.2, 0.25) is 0 Å². The van der Waals surface area contributed by atoms with Gasteiger partial charge in [-0.1, -0.05) is 0 Å². The predicted octanol–water partition coefficient (Wildman–Crippen LogP) is 1.94. The van der Waals surface area contributed by atoms with Gasteiger partial charge in [0.25, 0.3) is 0 Å². The maximum absolute atomic E-state index is 12.8. The zero-order valence-corrected chi connectivity index (χ0v) is 11.1. The number of aliphatic carboxylic acids is 1. The van der Waals surface area contributed by atoms with Gasteiger partial charge < -0.3 is 10.0 Å². The first kappa shape index (κ1) is 13.7. The van der Waals surface area contributed by atoms with E-state index in [4.69, 9.17) is 0 Å². The van der Waals surface area contributed by atoms with Crippen molar-refractivity contribution in [3.05, 3.63) is 18.2 Å². The van der Waals surface area contributed by atoms with Gasteiger partial charge in [-0.2, -0.15) is 0 Å². The maximum atomic E-state index is 12.8. The van der Waals surface area contributed by atoms with Crippen LogP contribution in [0.1, 0.15) is 26.7 Å². The smallest absolute Gasteiger partial charge is 0.309 e. The second-order valence-electron chi connectivity index (χ2n) is 5.51. The molecule has 1 fully saturated rings. The molecular formula is C13H18FN3O2. The van der Waals surface area contributed by atoms with Crippen LogP contribution in [0, 0.1) is 17.2 Å². The van der Waals surface area contributed by atoms with Gasteiger partial charge in [-0.25, -0.2) is 14.4 Å². The van der Waals surface area contributed by atoms with Crippen LogP contribution in [0.4, 0.5) is 10.3 Å². The molecule has 0 spiro atoms. The van der Waals surface area contributed by atoms with Gasteiger partial charge in [0, 0.05) is 13.1 Å². The standard InChI is InChI=1S/C13H18FN3O2/c1-13(2,11(18)19)9-4-3-5-17(8-9)12-15-6-10(14)7-16-12/h6-7,9H,3-5,8H2,1-2H3,(H,18,19). The summed E-state index contributed by atoms with van der Waals surface area (Å²) in [6.07, 6.45) is 4.03. The molecule has 19 heavy (non-hydrogen) atoms. The molecule has 2 heterocycles. The molecule has 0 bridgehead atoms. The van der Waals surface area contributed by atoms with Gasteiger partial charge in [-0.05, 0) is 32.6 Å². The lowest BCUT2D eigenvalue weighted by Crippen LogP contribution is -2.45. The van der Waals surface area contributed by atoms with Crippen LogP contribution in [-0.4, -0.2) is 34.1 Å². The Labute approximate surface area is 111 Å². The topological polar surface area (TPSA) is 66.3 Å². The number of carboxylic acids is 1. The summed E-state index contributed by atoms with van der Waals surface area (Å²) in [6.45, 7) is 4.85. The molecule has 1 aliphatic heterocycles. The van der Waals surface area contributed by atoms with Crippen LogP contribution in [0.15, 0.2) is 12.4 Å². The Morgan fingerprint density at radius 3 is 2.68 bits per heavy atom. The molecule has 1 saturated heterocycles. The highest BCUT2D eigenvalue weighted by Crippen LogP contribution is 2.34. The molecule has 0 radical (unpaired) electrons. The SMILES string of the molecule is CC(C)(C(=O)O)C1CCCN(c2ncc(F)cn2)C1. The number of halogens is 1. The zero-order valence-electron chi connectivity index (χ0n) is 11.1. The van der Waals surface area contributed by atoms with Crippen molar-refractivity contribution in [1.82, 2.24) is 9.97 Å². The molecule has 5 nitrogen and oxygen atoms in total. The Morgan fingerprint density at radius 2 is 2.11 bits per heavy atom. The molecule has 1 aromatic heterocycles. The average Bonchev–Trinajstić information content (AvgIpc) is 2.39. The Kier molecular flexibility index (Phi) is 3.68. The van der Waals surface area contributed by atoms with Crippen molar-refractivity contribution in [1.29, 1.82) is 0 Å². The van der Waals surface area contributed by atoms with Gasteiger partial charge in [0.2, 0.25) is 5.95 Å². The van der Waals surface area contributed by atoms with Gasteiger partial charge in [0.1, 0.15) is 0 Å². The molecule has 0 aromatic carbocycles. The molecule has 1 aromatic rings. The minimum Gasteiger partial charge on any atom is -0.481 e. The summed E-state index contributed by atoms with van der Waals surface area (Å²) in [4.78, 5) is 21.1. The van der Waals surface area contributed by atoms with Crippen LogP contribution < -0.4 is 4.90 Å². The van der Waals surface area contributed by atoms with Gasteiger partial charge in [0.15, 0.2) is 5.82 Å². The van der Waals surface area contributed by atoms with Crippen molar-refractivity contribution >= 4 is 11.9 Å². The van der Waals surface area contributed by atoms with Crippen LogP contribution in [0.5, 0.6) is 0 Å². The molecule has 1 atom stereocenters. The largest absolute Gasteiger partial charge is 0.481 e. The highest BCUT2D eigenvalue weighted by atomic mass is 19.1. The van der Waals surface area contributed by atoms with Crippen molar-refractivity contribution in [2.45, 2.75) is 26.7 Å². The highest BCUT2D eigenvalue weighted by Gasteiger charge is 2.39. The first-order chi connectivity index (χ1) is 8.91. The second kappa shape index (κ2) is 5.11. The fourth-order valence-electron chi connectivity index (χ4n) is 2.39. The Morgan fingerprint density at radius 1 is 1.47 bits per heavy atom. The molecule has 0 amide bonds. The summed E-state index contributed by atoms with van der Waals surface area (Å²) in [5, 5.41) is 9.29. The quantitative estimate of drug-likeness (QED) is 0.906. The number of rotatable bonds is 3. The molecule has 6 heteroatoms. The molecule has 0 aliphatic carbocycles. The van der Waals surface area contributed by atoms with Crippen molar-refractivity contribution in [2.24, 2.45) is 11.3 Å². The lowest BCUT2D eigenvalue weighted by molar-refractivity contribution is -0.150. The van der Waals surface area contributed by atoms with Crippen LogP contribution >= 0.6 is 0 Å². The first-order valence-electron chi connectivity index (χ1n) is 6.37. The normalized spacial score (nSPS) is 20.4. The van der Waals surface area contributed by atoms with E-state index >= 15 is 0 Å². The van der Waals surface area contributed by atoms with Gasteiger partial charge in [0.05, 0.1) is 17.8 Å². The first-order valence-corrected chi connectivity index (χ1v) is 6.37. The van der Waals surface area contributed by atoms with E-state index in [1.807, 2.05) is 4.90 Å². The van der Waals surface area contributed by atoms with E-state index in [-0.39, 0.29) is 5.92 Å². The number of nitrogens with zero attached hydrogens (tertiary/aromatic N) is 3. The van der Waals surface area contributed by atoms with E-state index in [1.165, 1.54) is 0 Å². The van der Waals surface area contributed by atoms with Gasteiger partial charge in [-0.15, -0.1) is 0 Å². The summed E-state index contributed by atoms with van der Waals surface area (Å²) in [7, 11) is 0. The van der Waals surface area contributed by atoms with E-state index in [1.54, 1.807) is 13.8 Å².